The van der Waals surface area contributed by atoms with Crippen molar-refractivity contribution in [2.75, 3.05) is 27.2 Å². The third kappa shape index (κ3) is 4.46. The molecule has 0 aliphatic heterocycles. The van der Waals surface area contributed by atoms with Crippen molar-refractivity contribution in [1.82, 2.24) is 15.2 Å². The van der Waals surface area contributed by atoms with E-state index in [-0.39, 0.29) is 0 Å². The lowest BCUT2D eigenvalue weighted by Crippen LogP contribution is -2.35. The Hall–Kier alpha value is -1.13. The number of ether oxygens (including phenoxy) is 1. The molecule has 0 aromatic carbocycles. The monoisotopic (exact) mass is 277 g/mol. The number of aromatic nitrogens is 1. The third-order valence-electron chi connectivity index (χ3n) is 4.11. The molecular formula is C16H27N3O. The van der Waals surface area contributed by atoms with Gasteiger partial charge >= 0.3 is 0 Å². The lowest BCUT2D eigenvalue weighted by Gasteiger charge is -2.23. The molecule has 0 unspecified atom stereocenters. The molecule has 0 spiro atoms. The van der Waals surface area contributed by atoms with E-state index in [1.165, 1.54) is 25.7 Å². The number of nitrogens with zero attached hydrogens (tertiary/aromatic N) is 2. The number of methoxy groups -OCH3 is 1. The number of hydrogen-bond acceptors (Lipinski definition) is 4. The summed E-state index contributed by atoms with van der Waals surface area (Å²) in [5.41, 5.74) is 2.05. The Kier molecular flexibility index (Phi) is 5.80. The van der Waals surface area contributed by atoms with Gasteiger partial charge in [0.05, 0.1) is 12.8 Å². The second kappa shape index (κ2) is 7.60. The fourth-order valence-corrected chi connectivity index (χ4v) is 2.91. The van der Waals surface area contributed by atoms with Crippen LogP contribution in [0.2, 0.25) is 0 Å². The molecule has 1 aromatic rings. The summed E-state index contributed by atoms with van der Waals surface area (Å²) >= 11 is 0. The quantitative estimate of drug-likeness (QED) is 0.776. The van der Waals surface area contributed by atoms with Gasteiger partial charge in [-0.2, -0.15) is 0 Å². The summed E-state index contributed by atoms with van der Waals surface area (Å²) in [4.78, 5) is 7.01. The summed E-state index contributed by atoms with van der Waals surface area (Å²) in [6.07, 6.45) is 5.53. The summed E-state index contributed by atoms with van der Waals surface area (Å²) in [7, 11) is 3.94. The zero-order chi connectivity index (χ0) is 14.4. The minimum Gasteiger partial charge on any atom is -0.497 e. The first-order chi connectivity index (χ1) is 9.69. The molecule has 1 fully saturated rings. The minimum absolute atomic E-state index is 0.800. The fourth-order valence-electron chi connectivity index (χ4n) is 2.91. The lowest BCUT2D eigenvalue weighted by molar-refractivity contribution is 0.245. The molecule has 4 heteroatoms. The lowest BCUT2D eigenvalue weighted by atomic mass is 10.2. The van der Waals surface area contributed by atoms with Crippen LogP contribution in [0, 0.1) is 6.92 Å². The Morgan fingerprint density at radius 2 is 2.10 bits per heavy atom. The number of aryl methyl sites for hydroxylation is 1. The van der Waals surface area contributed by atoms with E-state index in [0.717, 1.165) is 42.8 Å². The molecule has 0 atom stereocenters. The topological polar surface area (TPSA) is 37.4 Å². The highest BCUT2D eigenvalue weighted by molar-refractivity contribution is 5.26. The molecule has 0 saturated heterocycles. The molecule has 4 nitrogen and oxygen atoms in total. The van der Waals surface area contributed by atoms with Crippen LogP contribution >= 0.6 is 0 Å². The van der Waals surface area contributed by atoms with Gasteiger partial charge in [0.1, 0.15) is 5.75 Å². The van der Waals surface area contributed by atoms with Gasteiger partial charge in [-0.1, -0.05) is 12.8 Å². The van der Waals surface area contributed by atoms with Crippen LogP contribution in [0.4, 0.5) is 0 Å². The Bertz CT molecular complexity index is 416. The van der Waals surface area contributed by atoms with Crippen molar-refractivity contribution in [3.63, 3.8) is 0 Å². The van der Waals surface area contributed by atoms with E-state index in [1.807, 2.05) is 19.1 Å². The Morgan fingerprint density at radius 3 is 2.80 bits per heavy atom. The van der Waals surface area contributed by atoms with E-state index in [0.29, 0.717) is 0 Å². The van der Waals surface area contributed by atoms with Gasteiger partial charge in [-0.3, -0.25) is 4.98 Å². The first kappa shape index (κ1) is 15.3. The van der Waals surface area contributed by atoms with E-state index in [1.54, 1.807) is 7.11 Å². The van der Waals surface area contributed by atoms with Gasteiger partial charge in [0.2, 0.25) is 0 Å². The maximum absolute atomic E-state index is 5.27. The normalized spacial score (nSPS) is 16.0. The van der Waals surface area contributed by atoms with Gasteiger partial charge in [-0.05, 0) is 26.8 Å². The molecule has 1 aliphatic rings. The summed E-state index contributed by atoms with van der Waals surface area (Å²) < 4.78 is 5.27. The van der Waals surface area contributed by atoms with Crippen LogP contribution in [-0.4, -0.2) is 43.2 Å². The van der Waals surface area contributed by atoms with Crippen molar-refractivity contribution in [2.24, 2.45) is 0 Å². The smallest absolute Gasteiger partial charge is 0.122 e. The largest absolute Gasteiger partial charge is 0.497 e. The first-order valence-corrected chi connectivity index (χ1v) is 7.61. The molecule has 1 aliphatic carbocycles. The van der Waals surface area contributed by atoms with Crippen molar-refractivity contribution in [2.45, 2.75) is 45.2 Å². The number of pyridine rings is 1. The molecule has 0 amide bonds. The van der Waals surface area contributed by atoms with Crippen LogP contribution in [0.5, 0.6) is 5.75 Å². The van der Waals surface area contributed by atoms with Crippen LogP contribution in [-0.2, 0) is 6.54 Å². The molecule has 1 saturated carbocycles. The van der Waals surface area contributed by atoms with E-state index in [9.17, 15) is 0 Å². The summed E-state index contributed by atoms with van der Waals surface area (Å²) in [6, 6.07) is 4.76. The number of likely N-dealkylation sites (N-methyl/N-ethyl adjacent to an activating group) is 1. The molecule has 0 radical (unpaired) electrons. The van der Waals surface area contributed by atoms with E-state index in [4.69, 9.17) is 4.74 Å². The zero-order valence-electron chi connectivity index (χ0n) is 13.0. The predicted molar refractivity (Wildman–Crippen MR) is 82.1 cm³/mol. The van der Waals surface area contributed by atoms with Crippen molar-refractivity contribution in [3.8, 4) is 5.75 Å². The van der Waals surface area contributed by atoms with Gasteiger partial charge in [-0.25, -0.2) is 0 Å². The van der Waals surface area contributed by atoms with Crippen molar-refractivity contribution >= 4 is 0 Å². The fraction of sp³-hybridized carbons (Fsp3) is 0.688. The van der Waals surface area contributed by atoms with Crippen LogP contribution in [0.3, 0.4) is 0 Å². The summed E-state index contributed by atoms with van der Waals surface area (Å²) in [5.74, 6) is 0.886. The number of nitrogens with one attached hydrogen (secondary N) is 1. The Balaban J connectivity index is 1.71. The van der Waals surface area contributed by atoms with E-state index >= 15 is 0 Å². The molecule has 1 aromatic heterocycles. The van der Waals surface area contributed by atoms with Gasteiger partial charge < -0.3 is 15.0 Å². The maximum atomic E-state index is 5.27. The van der Waals surface area contributed by atoms with E-state index in [2.05, 4.69) is 22.2 Å². The van der Waals surface area contributed by atoms with Crippen LogP contribution in [0.1, 0.15) is 37.1 Å². The molecule has 112 valence electrons. The zero-order valence-corrected chi connectivity index (χ0v) is 13.0. The van der Waals surface area contributed by atoms with Gasteiger partial charge in [0.25, 0.3) is 0 Å². The van der Waals surface area contributed by atoms with Crippen molar-refractivity contribution in [1.29, 1.82) is 0 Å². The number of rotatable bonds is 7. The predicted octanol–water partition coefficient (Wildman–Crippen LogP) is 2.36. The maximum Gasteiger partial charge on any atom is 0.122 e. The summed E-state index contributed by atoms with van der Waals surface area (Å²) in [6.45, 7) is 4.91. The number of hydrogen-bond donors (Lipinski definition) is 1. The summed E-state index contributed by atoms with van der Waals surface area (Å²) in [5, 5.41) is 3.47. The SMILES string of the molecule is COc1cc(C)nc(CNCCN(C)C2CCCC2)c1. The third-order valence-corrected chi connectivity index (χ3v) is 4.11. The van der Waals surface area contributed by atoms with Gasteiger partial charge in [0.15, 0.2) is 0 Å². The molecule has 1 N–H and O–H groups in total. The van der Waals surface area contributed by atoms with E-state index < -0.39 is 0 Å². The van der Waals surface area contributed by atoms with Crippen LogP contribution in [0.25, 0.3) is 0 Å². The second-order valence-corrected chi connectivity index (χ2v) is 5.74. The molecule has 2 rings (SSSR count). The minimum atomic E-state index is 0.800. The Labute approximate surface area is 122 Å². The van der Waals surface area contributed by atoms with Crippen molar-refractivity contribution < 1.29 is 4.74 Å². The second-order valence-electron chi connectivity index (χ2n) is 5.74. The Morgan fingerprint density at radius 1 is 1.35 bits per heavy atom. The van der Waals surface area contributed by atoms with Crippen LogP contribution < -0.4 is 10.1 Å². The molecular weight excluding hydrogens is 250 g/mol. The van der Waals surface area contributed by atoms with Gasteiger partial charge in [0, 0.05) is 43.5 Å². The standard InChI is InChI=1S/C16H27N3O/c1-13-10-16(20-3)11-14(18-13)12-17-8-9-19(2)15-6-4-5-7-15/h10-11,15,17H,4-9,12H2,1-3H3. The van der Waals surface area contributed by atoms with Crippen molar-refractivity contribution in [3.05, 3.63) is 23.5 Å². The molecule has 0 bridgehead atoms. The highest BCUT2D eigenvalue weighted by atomic mass is 16.5. The average molecular weight is 277 g/mol. The first-order valence-electron chi connectivity index (χ1n) is 7.61. The molecule has 20 heavy (non-hydrogen) atoms. The van der Waals surface area contributed by atoms with Gasteiger partial charge in [-0.15, -0.1) is 0 Å². The average Bonchev–Trinajstić information content (AvgIpc) is 2.97. The highest BCUT2D eigenvalue weighted by Gasteiger charge is 2.18. The molecule has 1 heterocycles. The van der Waals surface area contributed by atoms with Crippen LogP contribution in [0.15, 0.2) is 12.1 Å². The highest BCUT2D eigenvalue weighted by Crippen LogP contribution is 2.21.